The zero-order valence-corrected chi connectivity index (χ0v) is 14.4. The lowest BCUT2D eigenvalue weighted by Crippen LogP contribution is -2.38. The molecule has 0 radical (unpaired) electrons. The fourth-order valence-electron chi connectivity index (χ4n) is 3.31. The van der Waals surface area contributed by atoms with Crippen molar-refractivity contribution in [2.24, 2.45) is 17.6 Å². The zero-order chi connectivity index (χ0) is 16.3. The lowest BCUT2D eigenvalue weighted by Gasteiger charge is -2.31. The third-order valence-corrected chi connectivity index (χ3v) is 4.29. The molecule has 0 aliphatic carbocycles. The highest BCUT2D eigenvalue weighted by atomic mass is 16.2. The molecule has 0 aromatic heterocycles. The van der Waals surface area contributed by atoms with Gasteiger partial charge in [-0.15, -0.1) is 0 Å². The van der Waals surface area contributed by atoms with Gasteiger partial charge in [0.1, 0.15) is 0 Å². The average Bonchev–Trinajstić information content (AvgIpc) is 2.44. The van der Waals surface area contributed by atoms with E-state index >= 15 is 0 Å². The summed E-state index contributed by atoms with van der Waals surface area (Å²) in [5.74, 6) is 0.905. The van der Waals surface area contributed by atoms with E-state index in [1.807, 2.05) is 18.7 Å². The number of carbonyl (C=O) groups is 1. The summed E-state index contributed by atoms with van der Waals surface area (Å²) in [4.78, 5) is 14.3. The van der Waals surface area contributed by atoms with Gasteiger partial charge < -0.3 is 10.6 Å². The molecule has 2 rings (SSSR count). The summed E-state index contributed by atoms with van der Waals surface area (Å²) in [6.45, 7) is 9.20. The maximum Gasteiger partial charge on any atom is 0.229 e. The summed E-state index contributed by atoms with van der Waals surface area (Å²) in [7, 11) is 0. The molecule has 0 saturated carbocycles. The molecule has 0 spiro atoms. The van der Waals surface area contributed by atoms with E-state index in [9.17, 15) is 4.79 Å². The van der Waals surface area contributed by atoms with E-state index in [2.05, 4.69) is 32.0 Å². The molecule has 2 N–H and O–H groups in total. The number of aryl methyl sites for hydroxylation is 1. The van der Waals surface area contributed by atoms with Crippen molar-refractivity contribution in [3.8, 4) is 0 Å². The van der Waals surface area contributed by atoms with Crippen LogP contribution in [0.5, 0.6) is 0 Å². The van der Waals surface area contributed by atoms with Gasteiger partial charge in [0, 0.05) is 24.2 Å². The third-order valence-electron chi connectivity index (χ3n) is 4.29. The number of rotatable bonds is 5. The fraction of sp³-hybridized carbons (Fsp3) is 0.632. The number of hydrogen-bond acceptors (Lipinski definition) is 2. The Morgan fingerprint density at radius 1 is 1.27 bits per heavy atom. The van der Waals surface area contributed by atoms with E-state index in [1.165, 1.54) is 11.1 Å². The van der Waals surface area contributed by atoms with Gasteiger partial charge in [-0.3, -0.25) is 4.79 Å². The van der Waals surface area contributed by atoms with Crippen LogP contribution in [-0.2, 0) is 17.6 Å². The number of carbonyl (C=O) groups excluding carboxylic acids is 1. The van der Waals surface area contributed by atoms with Crippen molar-refractivity contribution >= 4 is 11.6 Å². The highest BCUT2D eigenvalue weighted by molar-refractivity contribution is 5.95. The lowest BCUT2D eigenvalue weighted by molar-refractivity contribution is -0.121. The monoisotopic (exact) mass is 302 g/mol. The number of fused-ring (bicyclic) bond motifs is 1. The molecule has 1 aliphatic heterocycles. The van der Waals surface area contributed by atoms with Crippen molar-refractivity contribution in [2.75, 3.05) is 11.4 Å². The number of nitrogens with two attached hydrogens (primary N) is 1. The van der Waals surface area contributed by atoms with Crippen molar-refractivity contribution in [3.05, 3.63) is 29.3 Å². The van der Waals surface area contributed by atoms with Gasteiger partial charge in [0.05, 0.1) is 0 Å². The second-order valence-corrected chi connectivity index (χ2v) is 7.30. The van der Waals surface area contributed by atoms with Gasteiger partial charge in [-0.25, -0.2) is 0 Å². The van der Waals surface area contributed by atoms with Crippen molar-refractivity contribution < 1.29 is 4.79 Å². The summed E-state index contributed by atoms with van der Waals surface area (Å²) < 4.78 is 0. The Balaban J connectivity index is 2.15. The molecule has 3 heteroatoms. The number of hydrogen-bond donors (Lipinski definition) is 1. The van der Waals surface area contributed by atoms with Crippen molar-refractivity contribution in [2.45, 2.75) is 59.4 Å². The van der Waals surface area contributed by atoms with Crippen LogP contribution in [0, 0.1) is 11.8 Å². The Labute approximate surface area is 134 Å². The summed E-state index contributed by atoms with van der Waals surface area (Å²) in [5, 5.41) is 0. The highest BCUT2D eigenvalue weighted by Gasteiger charge is 2.24. The number of amides is 1. The Morgan fingerprint density at radius 3 is 2.64 bits per heavy atom. The molecular formula is C19H30N2O. The van der Waals surface area contributed by atoms with Crippen LogP contribution in [0.2, 0.25) is 0 Å². The summed E-state index contributed by atoms with van der Waals surface area (Å²) in [6.07, 6.45) is 4.08. The van der Waals surface area contributed by atoms with E-state index in [4.69, 9.17) is 5.73 Å². The molecule has 22 heavy (non-hydrogen) atoms. The molecule has 1 heterocycles. The summed E-state index contributed by atoms with van der Waals surface area (Å²) in [5.41, 5.74) is 9.93. The van der Waals surface area contributed by atoms with Gasteiger partial charge in [-0.1, -0.05) is 39.8 Å². The average molecular weight is 302 g/mol. The van der Waals surface area contributed by atoms with E-state index in [0.717, 1.165) is 37.9 Å². The molecule has 3 nitrogen and oxygen atoms in total. The van der Waals surface area contributed by atoms with Gasteiger partial charge in [-0.05, 0) is 48.8 Å². The largest absolute Gasteiger partial charge is 0.327 e. The topological polar surface area (TPSA) is 46.3 Å². The molecule has 0 fully saturated rings. The first-order chi connectivity index (χ1) is 10.4. The van der Waals surface area contributed by atoms with E-state index in [-0.39, 0.29) is 17.9 Å². The van der Waals surface area contributed by atoms with Gasteiger partial charge in [0.2, 0.25) is 5.91 Å². The molecule has 0 saturated heterocycles. The first-order valence-corrected chi connectivity index (χ1v) is 8.57. The van der Waals surface area contributed by atoms with E-state index in [0.29, 0.717) is 5.92 Å². The Morgan fingerprint density at radius 2 is 2.00 bits per heavy atom. The molecule has 0 bridgehead atoms. The van der Waals surface area contributed by atoms with Crippen molar-refractivity contribution in [1.29, 1.82) is 0 Å². The normalized spacial score (nSPS) is 16.0. The molecular weight excluding hydrogens is 272 g/mol. The Bertz CT molecular complexity index is 522. The Hall–Kier alpha value is -1.35. The van der Waals surface area contributed by atoms with Gasteiger partial charge >= 0.3 is 0 Å². The number of anilines is 1. The summed E-state index contributed by atoms with van der Waals surface area (Å²) in [6, 6.07) is 6.74. The van der Waals surface area contributed by atoms with Crippen molar-refractivity contribution in [1.82, 2.24) is 0 Å². The predicted molar refractivity (Wildman–Crippen MR) is 93.1 cm³/mol. The first-order valence-electron chi connectivity index (χ1n) is 8.57. The Kier molecular flexibility index (Phi) is 5.63. The first kappa shape index (κ1) is 17.0. The second-order valence-electron chi connectivity index (χ2n) is 7.30. The van der Waals surface area contributed by atoms with Crippen LogP contribution < -0.4 is 10.6 Å². The van der Waals surface area contributed by atoms with Crippen LogP contribution in [0.4, 0.5) is 5.69 Å². The minimum atomic E-state index is 0.0464. The molecule has 1 amide bonds. The van der Waals surface area contributed by atoms with Crippen molar-refractivity contribution in [3.63, 3.8) is 0 Å². The maximum absolute atomic E-state index is 12.4. The fourth-order valence-corrected chi connectivity index (χ4v) is 3.31. The maximum atomic E-state index is 12.4. The standard InChI is InChI=1S/C19H30N2O/c1-13(2)10-17(20)12-15-7-8-18-16(11-15)6-5-9-21(18)19(22)14(3)4/h7-8,11,13-14,17H,5-6,9-10,12,20H2,1-4H3. The minimum absolute atomic E-state index is 0.0464. The molecule has 1 aliphatic rings. The van der Waals surface area contributed by atoms with Crippen LogP contribution in [-0.4, -0.2) is 18.5 Å². The SMILES string of the molecule is CC(C)CC(N)Cc1ccc2c(c1)CCCN2C(=O)C(C)C. The zero-order valence-electron chi connectivity index (χ0n) is 14.4. The number of nitrogens with zero attached hydrogens (tertiary/aromatic N) is 1. The molecule has 1 atom stereocenters. The molecule has 1 aromatic carbocycles. The molecule has 1 unspecified atom stereocenters. The summed E-state index contributed by atoms with van der Waals surface area (Å²) >= 11 is 0. The molecule has 1 aromatic rings. The predicted octanol–water partition coefficient (Wildman–Crippen LogP) is 3.54. The second kappa shape index (κ2) is 7.28. The van der Waals surface area contributed by atoms with Gasteiger partial charge in [0.25, 0.3) is 0 Å². The van der Waals surface area contributed by atoms with E-state index in [1.54, 1.807) is 0 Å². The third kappa shape index (κ3) is 4.10. The van der Waals surface area contributed by atoms with Crippen LogP contribution in [0.1, 0.15) is 51.7 Å². The van der Waals surface area contributed by atoms with E-state index < -0.39 is 0 Å². The smallest absolute Gasteiger partial charge is 0.229 e. The quantitative estimate of drug-likeness (QED) is 0.904. The van der Waals surface area contributed by atoms with Crippen LogP contribution >= 0.6 is 0 Å². The minimum Gasteiger partial charge on any atom is -0.327 e. The van der Waals surface area contributed by atoms with Gasteiger partial charge in [0.15, 0.2) is 0 Å². The van der Waals surface area contributed by atoms with Crippen LogP contribution in [0.3, 0.4) is 0 Å². The number of benzene rings is 1. The highest BCUT2D eigenvalue weighted by Crippen LogP contribution is 2.29. The van der Waals surface area contributed by atoms with Crippen LogP contribution in [0.25, 0.3) is 0 Å². The van der Waals surface area contributed by atoms with Gasteiger partial charge in [-0.2, -0.15) is 0 Å². The lowest BCUT2D eigenvalue weighted by atomic mass is 9.93. The molecule has 122 valence electrons. The van der Waals surface area contributed by atoms with Crippen LogP contribution in [0.15, 0.2) is 18.2 Å².